The van der Waals surface area contributed by atoms with Gasteiger partial charge in [0.1, 0.15) is 5.75 Å². The number of hydrogen-bond acceptors (Lipinski definition) is 4. The summed E-state index contributed by atoms with van der Waals surface area (Å²) in [5.41, 5.74) is 2.01. The summed E-state index contributed by atoms with van der Waals surface area (Å²) in [6, 6.07) is 17.7. The number of esters is 1. The van der Waals surface area contributed by atoms with Crippen molar-refractivity contribution < 1.29 is 14.3 Å². The van der Waals surface area contributed by atoms with Gasteiger partial charge < -0.3 is 9.47 Å². The molecule has 0 unspecified atom stereocenters. The molecule has 0 atom stereocenters. The van der Waals surface area contributed by atoms with Crippen molar-refractivity contribution in [2.24, 2.45) is 0 Å². The molecular formula is C18H15NO3. The normalized spacial score (nSPS) is 10.4. The fourth-order valence-corrected chi connectivity index (χ4v) is 2.21. The maximum absolute atomic E-state index is 11.1. The van der Waals surface area contributed by atoms with Crippen molar-refractivity contribution in [3.05, 3.63) is 60.8 Å². The van der Waals surface area contributed by atoms with Gasteiger partial charge in [-0.3, -0.25) is 4.98 Å². The smallest absolute Gasteiger partial charge is 0.343 e. The highest BCUT2D eigenvalue weighted by molar-refractivity contribution is 5.88. The molecular weight excluding hydrogens is 278 g/mol. The number of pyridine rings is 1. The summed E-state index contributed by atoms with van der Waals surface area (Å²) in [5.74, 6) is 0.245. The maximum Gasteiger partial charge on any atom is 0.343 e. The highest BCUT2D eigenvalue weighted by Gasteiger charge is 2.04. The molecule has 0 saturated heterocycles. The molecule has 4 nitrogen and oxygen atoms in total. The van der Waals surface area contributed by atoms with E-state index in [1.165, 1.54) is 7.11 Å². The van der Waals surface area contributed by atoms with Crippen molar-refractivity contribution in [1.82, 2.24) is 4.98 Å². The van der Waals surface area contributed by atoms with E-state index in [1.807, 2.05) is 48.5 Å². The number of methoxy groups -OCH3 is 1. The van der Waals surface area contributed by atoms with E-state index in [1.54, 1.807) is 6.20 Å². The highest BCUT2D eigenvalue weighted by atomic mass is 16.6. The van der Waals surface area contributed by atoms with Gasteiger partial charge in [0.2, 0.25) is 0 Å². The van der Waals surface area contributed by atoms with Crippen molar-refractivity contribution in [1.29, 1.82) is 0 Å². The van der Waals surface area contributed by atoms with Crippen LogP contribution in [0.15, 0.2) is 60.8 Å². The number of hydrogen-bond donors (Lipinski definition) is 0. The third-order valence-electron chi connectivity index (χ3n) is 3.36. The molecule has 4 heteroatoms. The molecule has 0 aliphatic rings. The SMILES string of the molecule is COC(=O)COc1ccc2cc(-c3ccccn3)ccc2c1. The van der Waals surface area contributed by atoms with E-state index in [9.17, 15) is 4.79 Å². The summed E-state index contributed by atoms with van der Waals surface area (Å²) < 4.78 is 9.95. The first kappa shape index (κ1) is 14.1. The molecule has 0 aliphatic heterocycles. The van der Waals surface area contributed by atoms with Crippen LogP contribution >= 0.6 is 0 Å². The van der Waals surface area contributed by atoms with Crippen LogP contribution in [0.3, 0.4) is 0 Å². The topological polar surface area (TPSA) is 48.4 Å². The van der Waals surface area contributed by atoms with Gasteiger partial charge >= 0.3 is 5.97 Å². The number of rotatable bonds is 4. The Kier molecular flexibility index (Phi) is 4.01. The zero-order valence-corrected chi connectivity index (χ0v) is 12.2. The summed E-state index contributed by atoms with van der Waals surface area (Å²) >= 11 is 0. The molecule has 0 bridgehead atoms. The molecule has 1 heterocycles. The quantitative estimate of drug-likeness (QED) is 0.691. The second kappa shape index (κ2) is 6.26. The average Bonchev–Trinajstić information content (AvgIpc) is 2.59. The lowest BCUT2D eigenvalue weighted by Crippen LogP contribution is -2.12. The number of benzene rings is 2. The molecule has 2 aromatic carbocycles. The Morgan fingerprint density at radius 1 is 1.05 bits per heavy atom. The van der Waals surface area contributed by atoms with Crippen LogP contribution in [0.4, 0.5) is 0 Å². The van der Waals surface area contributed by atoms with Crippen molar-refractivity contribution in [3.63, 3.8) is 0 Å². The van der Waals surface area contributed by atoms with Crippen molar-refractivity contribution >= 4 is 16.7 Å². The maximum atomic E-state index is 11.1. The second-order valence-corrected chi connectivity index (χ2v) is 4.80. The Morgan fingerprint density at radius 2 is 1.86 bits per heavy atom. The van der Waals surface area contributed by atoms with Crippen LogP contribution in [0.2, 0.25) is 0 Å². The van der Waals surface area contributed by atoms with Crippen molar-refractivity contribution in [2.45, 2.75) is 0 Å². The molecule has 110 valence electrons. The largest absolute Gasteiger partial charge is 0.482 e. The zero-order valence-electron chi connectivity index (χ0n) is 12.2. The minimum absolute atomic E-state index is 0.0893. The third-order valence-corrected chi connectivity index (χ3v) is 3.36. The molecule has 0 aliphatic carbocycles. The van der Waals surface area contributed by atoms with Gasteiger partial charge in [-0.15, -0.1) is 0 Å². The number of carbonyl (C=O) groups excluding carboxylic acids is 1. The molecule has 1 aromatic heterocycles. The van der Waals surface area contributed by atoms with E-state index in [2.05, 4.69) is 15.8 Å². The van der Waals surface area contributed by atoms with Gasteiger partial charge in [0, 0.05) is 11.8 Å². The van der Waals surface area contributed by atoms with Crippen LogP contribution in [-0.4, -0.2) is 24.7 Å². The van der Waals surface area contributed by atoms with Gasteiger partial charge in [-0.2, -0.15) is 0 Å². The van der Waals surface area contributed by atoms with Gasteiger partial charge in [-0.05, 0) is 41.1 Å². The van der Waals surface area contributed by atoms with Crippen molar-refractivity contribution in [2.75, 3.05) is 13.7 Å². The molecule has 22 heavy (non-hydrogen) atoms. The third kappa shape index (κ3) is 3.06. The average molecular weight is 293 g/mol. The Labute approximate surface area is 128 Å². The minimum atomic E-state index is -0.398. The van der Waals surface area contributed by atoms with E-state index < -0.39 is 5.97 Å². The van der Waals surface area contributed by atoms with E-state index >= 15 is 0 Å². The number of aromatic nitrogens is 1. The first-order valence-electron chi connectivity index (χ1n) is 6.91. The van der Waals surface area contributed by atoms with Crippen LogP contribution in [-0.2, 0) is 9.53 Å². The van der Waals surface area contributed by atoms with Crippen molar-refractivity contribution in [3.8, 4) is 17.0 Å². The minimum Gasteiger partial charge on any atom is -0.482 e. The Bertz CT molecular complexity index is 800. The van der Waals surface area contributed by atoms with Crippen LogP contribution < -0.4 is 4.74 Å². The van der Waals surface area contributed by atoms with Gasteiger partial charge in [0.25, 0.3) is 0 Å². The molecule has 0 N–H and O–H groups in total. The lowest BCUT2D eigenvalue weighted by atomic mass is 10.0. The summed E-state index contributed by atoms with van der Waals surface area (Å²) in [7, 11) is 1.34. The molecule has 3 rings (SSSR count). The number of fused-ring (bicyclic) bond motifs is 1. The molecule has 0 radical (unpaired) electrons. The number of carbonyl (C=O) groups is 1. The molecule has 0 fully saturated rings. The summed E-state index contributed by atoms with van der Waals surface area (Å²) in [4.78, 5) is 15.5. The highest BCUT2D eigenvalue weighted by Crippen LogP contribution is 2.26. The van der Waals surface area contributed by atoms with Gasteiger partial charge in [-0.25, -0.2) is 4.79 Å². The zero-order chi connectivity index (χ0) is 15.4. The Hall–Kier alpha value is -2.88. The molecule has 0 spiro atoms. The standard InChI is InChI=1S/C18H15NO3/c1-21-18(20)12-22-16-8-7-13-10-15(6-5-14(13)11-16)17-4-2-3-9-19-17/h2-11H,12H2,1H3. The lowest BCUT2D eigenvalue weighted by molar-refractivity contribution is -0.142. The molecule has 3 aromatic rings. The fraction of sp³-hybridized carbons (Fsp3) is 0.111. The monoisotopic (exact) mass is 293 g/mol. The van der Waals surface area contributed by atoms with Gasteiger partial charge in [-0.1, -0.05) is 24.3 Å². The first-order valence-corrected chi connectivity index (χ1v) is 6.91. The Balaban J connectivity index is 1.87. The van der Waals surface area contributed by atoms with E-state index in [4.69, 9.17) is 4.74 Å². The predicted octanol–water partition coefficient (Wildman–Crippen LogP) is 3.45. The number of ether oxygens (including phenoxy) is 2. The van der Waals surface area contributed by atoms with Crippen LogP contribution in [0.5, 0.6) is 5.75 Å². The second-order valence-electron chi connectivity index (χ2n) is 4.80. The summed E-state index contributed by atoms with van der Waals surface area (Å²) in [6.07, 6.45) is 1.78. The van der Waals surface area contributed by atoms with Crippen LogP contribution in [0.1, 0.15) is 0 Å². The molecule has 0 saturated carbocycles. The molecule has 0 amide bonds. The summed E-state index contributed by atoms with van der Waals surface area (Å²) in [6.45, 7) is -0.0893. The Morgan fingerprint density at radius 3 is 2.64 bits per heavy atom. The lowest BCUT2D eigenvalue weighted by Gasteiger charge is -2.07. The van der Waals surface area contributed by atoms with E-state index in [-0.39, 0.29) is 6.61 Å². The van der Waals surface area contributed by atoms with Gasteiger partial charge in [0.15, 0.2) is 6.61 Å². The predicted molar refractivity (Wildman–Crippen MR) is 84.7 cm³/mol. The number of nitrogens with zero attached hydrogens (tertiary/aromatic N) is 1. The first-order chi connectivity index (χ1) is 10.8. The van der Waals surface area contributed by atoms with Gasteiger partial charge in [0.05, 0.1) is 12.8 Å². The van der Waals surface area contributed by atoms with Crippen LogP contribution in [0.25, 0.3) is 22.0 Å². The van der Waals surface area contributed by atoms with E-state index in [0.717, 1.165) is 22.0 Å². The van der Waals surface area contributed by atoms with Crippen LogP contribution in [0, 0.1) is 0 Å². The van der Waals surface area contributed by atoms with E-state index in [0.29, 0.717) is 5.75 Å². The fourth-order valence-electron chi connectivity index (χ4n) is 2.21. The summed E-state index contributed by atoms with van der Waals surface area (Å²) in [5, 5.41) is 2.13.